The van der Waals surface area contributed by atoms with Gasteiger partial charge < -0.3 is 20.2 Å². The molecule has 0 aliphatic carbocycles. The van der Waals surface area contributed by atoms with Gasteiger partial charge in [-0.15, -0.1) is 0 Å². The van der Waals surface area contributed by atoms with E-state index in [9.17, 15) is 9.90 Å². The maximum Gasteiger partial charge on any atom is 0.239 e. The van der Waals surface area contributed by atoms with Gasteiger partial charge in [0.2, 0.25) is 5.91 Å². The van der Waals surface area contributed by atoms with Crippen molar-refractivity contribution in [3.8, 4) is 0 Å². The maximum absolute atomic E-state index is 12.4. The van der Waals surface area contributed by atoms with Gasteiger partial charge in [0.15, 0.2) is 0 Å². The van der Waals surface area contributed by atoms with Gasteiger partial charge >= 0.3 is 0 Å². The van der Waals surface area contributed by atoms with E-state index in [0.717, 1.165) is 26.2 Å². The molecule has 0 saturated carbocycles. The molecule has 1 aromatic carbocycles. The monoisotopic (exact) mass is 303 g/mol. The minimum absolute atomic E-state index is 0.136. The lowest BCUT2D eigenvalue weighted by Crippen LogP contribution is -2.53. The van der Waals surface area contributed by atoms with E-state index in [4.69, 9.17) is 0 Å². The average molecular weight is 303 g/mol. The van der Waals surface area contributed by atoms with Crippen LogP contribution in [0.3, 0.4) is 0 Å². The number of benzene rings is 1. The number of amides is 1. The molecule has 0 aromatic heterocycles. The number of nitrogens with zero attached hydrogens (tertiary/aromatic N) is 2. The van der Waals surface area contributed by atoms with Gasteiger partial charge in [-0.25, -0.2) is 0 Å². The van der Waals surface area contributed by atoms with Crippen molar-refractivity contribution >= 4 is 11.6 Å². The number of piperazine rings is 1. The molecule has 0 unspecified atom stereocenters. The number of hydrogen-bond donors (Lipinski definition) is 2. The van der Waals surface area contributed by atoms with Crippen LogP contribution in [0.1, 0.15) is 17.5 Å². The van der Waals surface area contributed by atoms with Crippen LogP contribution in [0.4, 0.5) is 5.69 Å². The Morgan fingerprint density at radius 3 is 2.59 bits per heavy atom. The predicted octanol–water partition coefficient (Wildman–Crippen LogP) is 0.675. The summed E-state index contributed by atoms with van der Waals surface area (Å²) < 4.78 is 0. The minimum atomic E-state index is -0.384. The van der Waals surface area contributed by atoms with Crippen molar-refractivity contribution in [2.75, 3.05) is 37.6 Å². The number of aryl methyl sites for hydroxylation is 1. The molecule has 1 aromatic rings. The van der Waals surface area contributed by atoms with Gasteiger partial charge in [0.1, 0.15) is 0 Å². The van der Waals surface area contributed by atoms with Crippen molar-refractivity contribution in [1.29, 1.82) is 0 Å². The quantitative estimate of drug-likeness (QED) is 0.843. The number of nitrogens with one attached hydrogen (secondary N) is 1. The van der Waals surface area contributed by atoms with Crippen molar-refractivity contribution in [2.24, 2.45) is 0 Å². The normalized spacial score (nSPS) is 25.6. The predicted molar refractivity (Wildman–Crippen MR) is 87.1 cm³/mol. The van der Waals surface area contributed by atoms with Gasteiger partial charge in [0, 0.05) is 38.4 Å². The first-order chi connectivity index (χ1) is 10.6. The summed E-state index contributed by atoms with van der Waals surface area (Å²) in [5, 5.41) is 12.7. The highest BCUT2D eigenvalue weighted by atomic mass is 16.3. The van der Waals surface area contributed by atoms with E-state index in [0.29, 0.717) is 13.0 Å². The maximum atomic E-state index is 12.4. The number of carbonyl (C=O) groups is 1. The van der Waals surface area contributed by atoms with Crippen LogP contribution in [0.15, 0.2) is 18.2 Å². The molecule has 120 valence electrons. The Morgan fingerprint density at radius 1 is 1.23 bits per heavy atom. The summed E-state index contributed by atoms with van der Waals surface area (Å²) in [6.07, 6.45) is 0.154. The van der Waals surface area contributed by atoms with E-state index < -0.39 is 0 Å². The second kappa shape index (κ2) is 6.26. The van der Waals surface area contributed by atoms with Crippen LogP contribution >= 0.6 is 0 Å². The van der Waals surface area contributed by atoms with Gasteiger partial charge in [-0.3, -0.25) is 4.79 Å². The second-order valence-corrected chi connectivity index (χ2v) is 6.38. The van der Waals surface area contributed by atoms with Gasteiger partial charge in [-0.2, -0.15) is 0 Å². The van der Waals surface area contributed by atoms with Gasteiger partial charge in [-0.05, 0) is 37.5 Å². The molecule has 0 radical (unpaired) electrons. The third-order valence-corrected chi connectivity index (χ3v) is 4.91. The first-order valence-corrected chi connectivity index (χ1v) is 8.07. The van der Waals surface area contributed by atoms with Crippen molar-refractivity contribution in [3.05, 3.63) is 29.3 Å². The zero-order valence-corrected chi connectivity index (χ0v) is 13.4. The van der Waals surface area contributed by atoms with Gasteiger partial charge in [0.25, 0.3) is 0 Å². The molecular formula is C17H25N3O2. The van der Waals surface area contributed by atoms with E-state index >= 15 is 0 Å². The average Bonchev–Trinajstić information content (AvgIpc) is 2.96. The summed E-state index contributed by atoms with van der Waals surface area (Å²) in [5.41, 5.74) is 3.91. The van der Waals surface area contributed by atoms with Gasteiger partial charge in [0.05, 0.1) is 12.1 Å². The van der Waals surface area contributed by atoms with Crippen molar-refractivity contribution in [3.63, 3.8) is 0 Å². The molecule has 2 aliphatic heterocycles. The number of rotatable bonds is 2. The largest absolute Gasteiger partial charge is 0.392 e. The van der Waals surface area contributed by atoms with Crippen molar-refractivity contribution in [2.45, 2.75) is 32.4 Å². The summed E-state index contributed by atoms with van der Waals surface area (Å²) >= 11 is 0. The summed E-state index contributed by atoms with van der Waals surface area (Å²) in [4.78, 5) is 16.7. The molecule has 2 N–H and O–H groups in total. The molecule has 0 spiro atoms. The molecule has 2 aliphatic rings. The smallest absolute Gasteiger partial charge is 0.239 e. The van der Waals surface area contributed by atoms with Crippen LogP contribution < -0.4 is 10.2 Å². The van der Waals surface area contributed by atoms with Crippen LogP contribution in [0.2, 0.25) is 0 Å². The molecule has 2 atom stereocenters. The fourth-order valence-corrected chi connectivity index (χ4v) is 3.37. The highest BCUT2D eigenvalue weighted by molar-refractivity contribution is 5.82. The van der Waals surface area contributed by atoms with Crippen LogP contribution in [-0.2, 0) is 4.79 Å². The lowest BCUT2D eigenvalue weighted by atomic mass is 10.1. The first-order valence-electron chi connectivity index (χ1n) is 8.07. The molecule has 3 rings (SSSR count). The number of aliphatic hydroxyl groups excluding tert-OH is 1. The van der Waals surface area contributed by atoms with E-state index in [-0.39, 0.29) is 18.1 Å². The number of anilines is 1. The Kier molecular flexibility index (Phi) is 4.36. The van der Waals surface area contributed by atoms with E-state index in [2.05, 4.69) is 42.3 Å². The molecule has 22 heavy (non-hydrogen) atoms. The Hall–Kier alpha value is -1.59. The lowest BCUT2D eigenvalue weighted by molar-refractivity contribution is -0.133. The minimum Gasteiger partial charge on any atom is -0.392 e. The molecular weight excluding hydrogens is 278 g/mol. The summed E-state index contributed by atoms with van der Waals surface area (Å²) in [6, 6.07) is 6.19. The van der Waals surface area contributed by atoms with Gasteiger partial charge in [-0.1, -0.05) is 12.1 Å². The van der Waals surface area contributed by atoms with Crippen LogP contribution in [0.5, 0.6) is 0 Å². The Labute approximate surface area is 131 Å². The molecule has 5 heteroatoms. The topological polar surface area (TPSA) is 55.8 Å². The summed E-state index contributed by atoms with van der Waals surface area (Å²) in [7, 11) is 0. The highest BCUT2D eigenvalue weighted by Gasteiger charge is 2.32. The third-order valence-electron chi connectivity index (χ3n) is 4.91. The molecule has 1 amide bonds. The molecule has 2 saturated heterocycles. The molecule has 0 bridgehead atoms. The number of β-amino-alcohol motifs (C(OH)–C–C–N with tert-alkyl or cyclic N) is 1. The fraction of sp³-hybridized carbons (Fsp3) is 0.588. The zero-order chi connectivity index (χ0) is 15.7. The SMILES string of the molecule is Cc1cccc(N2CCN(C(=O)[C@H]3C[C@H](O)CN3)CC2)c1C. The summed E-state index contributed by atoms with van der Waals surface area (Å²) in [6.45, 7) is 8.05. The summed E-state index contributed by atoms with van der Waals surface area (Å²) in [5.74, 6) is 0.136. The number of carbonyl (C=O) groups excluding carboxylic acids is 1. The van der Waals surface area contributed by atoms with E-state index in [1.165, 1.54) is 16.8 Å². The third kappa shape index (κ3) is 2.96. The highest BCUT2D eigenvalue weighted by Crippen LogP contribution is 2.24. The second-order valence-electron chi connectivity index (χ2n) is 6.38. The molecule has 5 nitrogen and oxygen atoms in total. The fourth-order valence-electron chi connectivity index (χ4n) is 3.37. The van der Waals surface area contributed by atoms with Crippen LogP contribution in [0, 0.1) is 13.8 Å². The zero-order valence-electron chi connectivity index (χ0n) is 13.4. The first kappa shape index (κ1) is 15.3. The molecule has 2 fully saturated rings. The van der Waals surface area contributed by atoms with E-state index in [1.807, 2.05) is 4.90 Å². The van der Waals surface area contributed by atoms with Crippen molar-refractivity contribution < 1.29 is 9.90 Å². The number of hydrogen-bond acceptors (Lipinski definition) is 4. The standard InChI is InChI=1S/C17H25N3O2/c1-12-4-3-5-16(13(12)2)19-6-8-20(9-7-19)17(22)15-10-14(21)11-18-15/h3-5,14-15,18,21H,6-11H2,1-2H3/t14-,15+/m0/s1. The van der Waals surface area contributed by atoms with Crippen molar-refractivity contribution in [1.82, 2.24) is 10.2 Å². The van der Waals surface area contributed by atoms with E-state index in [1.54, 1.807) is 0 Å². The Bertz CT molecular complexity index is 553. The van der Waals surface area contributed by atoms with Crippen LogP contribution in [0.25, 0.3) is 0 Å². The Morgan fingerprint density at radius 2 is 1.95 bits per heavy atom. The lowest BCUT2D eigenvalue weighted by Gasteiger charge is -2.38. The van der Waals surface area contributed by atoms with Crippen LogP contribution in [-0.4, -0.2) is 60.8 Å². The number of aliphatic hydroxyl groups is 1. The molecule has 2 heterocycles. The Balaban J connectivity index is 1.60.